The Morgan fingerprint density at radius 1 is 1.11 bits per heavy atom. The summed E-state index contributed by atoms with van der Waals surface area (Å²) < 4.78 is 0. The van der Waals surface area contributed by atoms with E-state index in [-0.39, 0.29) is 6.61 Å². The van der Waals surface area contributed by atoms with Crippen LogP contribution in [-0.4, -0.2) is 29.2 Å². The average Bonchev–Trinajstić information content (AvgIpc) is 2.48. The fourth-order valence-electron chi connectivity index (χ4n) is 3.10. The van der Waals surface area contributed by atoms with Gasteiger partial charge in [-0.3, -0.25) is 4.90 Å². The summed E-state index contributed by atoms with van der Waals surface area (Å²) in [5.74, 6) is 0. The summed E-state index contributed by atoms with van der Waals surface area (Å²) in [6, 6.07) is 9.02. The number of nitrogens with two attached hydrogens (primary N) is 1. The van der Waals surface area contributed by atoms with Crippen LogP contribution in [0.5, 0.6) is 0 Å². The highest BCUT2D eigenvalue weighted by atomic mass is 16.3. The molecular formula is C16H26N2O. The fraction of sp³-hybridized carbons (Fsp3) is 0.625. The summed E-state index contributed by atoms with van der Waals surface area (Å²) in [6.45, 7) is 2.51. The first-order valence-corrected chi connectivity index (χ1v) is 7.47. The Kier molecular flexibility index (Phi) is 5.83. The van der Waals surface area contributed by atoms with Crippen molar-refractivity contribution in [2.75, 3.05) is 13.2 Å². The van der Waals surface area contributed by atoms with E-state index in [1.54, 1.807) is 0 Å². The molecule has 3 nitrogen and oxygen atoms in total. The van der Waals surface area contributed by atoms with E-state index < -0.39 is 0 Å². The zero-order valence-electron chi connectivity index (χ0n) is 11.7. The molecule has 0 spiro atoms. The minimum atomic E-state index is 0.237. The highest BCUT2D eigenvalue weighted by Gasteiger charge is 2.21. The molecule has 0 bridgehead atoms. The van der Waals surface area contributed by atoms with Crippen LogP contribution in [0.25, 0.3) is 0 Å². The number of hydrogen-bond donors (Lipinski definition) is 2. The van der Waals surface area contributed by atoms with Gasteiger partial charge in [-0.15, -0.1) is 0 Å². The van der Waals surface area contributed by atoms with Gasteiger partial charge < -0.3 is 10.8 Å². The number of aliphatic hydroxyl groups is 1. The first kappa shape index (κ1) is 14.5. The summed E-state index contributed by atoms with van der Waals surface area (Å²) in [4.78, 5) is 2.44. The number of hydrogen-bond acceptors (Lipinski definition) is 3. The highest BCUT2D eigenvalue weighted by Crippen LogP contribution is 2.24. The smallest absolute Gasteiger partial charge is 0.0558 e. The highest BCUT2D eigenvalue weighted by molar-refractivity contribution is 5.26. The van der Waals surface area contributed by atoms with Crippen molar-refractivity contribution in [2.24, 2.45) is 5.73 Å². The van der Waals surface area contributed by atoms with Crippen LogP contribution in [0.2, 0.25) is 0 Å². The maximum atomic E-state index is 9.31. The molecule has 106 valence electrons. The Hall–Kier alpha value is -0.900. The molecule has 3 heteroatoms. The van der Waals surface area contributed by atoms with Gasteiger partial charge in [0.25, 0.3) is 0 Å². The molecule has 0 heterocycles. The van der Waals surface area contributed by atoms with Gasteiger partial charge in [0.15, 0.2) is 0 Å². The summed E-state index contributed by atoms with van der Waals surface area (Å²) in [7, 11) is 0. The molecule has 1 aliphatic carbocycles. The predicted molar refractivity (Wildman–Crippen MR) is 78.7 cm³/mol. The molecule has 1 saturated carbocycles. The molecule has 1 aromatic carbocycles. The van der Waals surface area contributed by atoms with E-state index in [9.17, 15) is 5.11 Å². The van der Waals surface area contributed by atoms with Gasteiger partial charge in [-0.2, -0.15) is 0 Å². The molecule has 0 radical (unpaired) electrons. The predicted octanol–water partition coefficient (Wildman–Crippen LogP) is 2.27. The third-order valence-electron chi connectivity index (χ3n) is 4.19. The van der Waals surface area contributed by atoms with Crippen molar-refractivity contribution >= 4 is 0 Å². The van der Waals surface area contributed by atoms with E-state index in [2.05, 4.69) is 23.1 Å². The van der Waals surface area contributed by atoms with Crippen LogP contribution >= 0.6 is 0 Å². The minimum absolute atomic E-state index is 0.237. The summed E-state index contributed by atoms with van der Waals surface area (Å²) in [6.07, 6.45) is 6.55. The molecule has 1 aromatic rings. The van der Waals surface area contributed by atoms with E-state index in [1.807, 2.05) is 6.07 Å². The molecule has 1 fully saturated rings. The van der Waals surface area contributed by atoms with Crippen molar-refractivity contribution in [3.8, 4) is 0 Å². The lowest BCUT2D eigenvalue weighted by atomic mass is 9.93. The van der Waals surface area contributed by atoms with Crippen LogP contribution in [0.4, 0.5) is 0 Å². The molecule has 19 heavy (non-hydrogen) atoms. The first-order chi connectivity index (χ1) is 9.35. The Morgan fingerprint density at radius 3 is 2.42 bits per heavy atom. The second kappa shape index (κ2) is 7.63. The zero-order chi connectivity index (χ0) is 13.5. The van der Waals surface area contributed by atoms with Crippen LogP contribution in [-0.2, 0) is 13.1 Å². The standard InChI is InChI=1S/C16H26N2O/c17-12-14-6-4-5-7-15(14)13-18(10-11-19)16-8-2-1-3-9-16/h4-7,16,19H,1-3,8-13,17H2. The van der Waals surface area contributed by atoms with Crippen LogP contribution in [0, 0.1) is 0 Å². The van der Waals surface area contributed by atoms with Crippen molar-refractivity contribution < 1.29 is 5.11 Å². The van der Waals surface area contributed by atoms with Crippen molar-refractivity contribution in [1.29, 1.82) is 0 Å². The van der Waals surface area contributed by atoms with Crippen molar-refractivity contribution in [3.63, 3.8) is 0 Å². The second-order valence-electron chi connectivity index (χ2n) is 5.46. The minimum Gasteiger partial charge on any atom is -0.395 e. The van der Waals surface area contributed by atoms with Gasteiger partial charge in [0.1, 0.15) is 0 Å². The van der Waals surface area contributed by atoms with Crippen LogP contribution in [0.3, 0.4) is 0 Å². The molecule has 1 aliphatic rings. The lowest BCUT2D eigenvalue weighted by Crippen LogP contribution is -2.38. The Labute approximate surface area is 116 Å². The second-order valence-corrected chi connectivity index (χ2v) is 5.46. The van der Waals surface area contributed by atoms with E-state index in [0.29, 0.717) is 12.6 Å². The maximum Gasteiger partial charge on any atom is 0.0558 e. The molecule has 0 saturated heterocycles. The van der Waals surface area contributed by atoms with Gasteiger partial charge in [0.05, 0.1) is 6.61 Å². The van der Waals surface area contributed by atoms with Gasteiger partial charge in [0.2, 0.25) is 0 Å². The van der Waals surface area contributed by atoms with E-state index in [0.717, 1.165) is 13.1 Å². The van der Waals surface area contributed by atoms with Crippen LogP contribution < -0.4 is 5.73 Å². The van der Waals surface area contributed by atoms with Crippen molar-refractivity contribution in [1.82, 2.24) is 4.90 Å². The number of nitrogens with zero attached hydrogens (tertiary/aromatic N) is 1. The van der Waals surface area contributed by atoms with Crippen LogP contribution in [0.1, 0.15) is 43.2 Å². The zero-order valence-corrected chi connectivity index (χ0v) is 11.7. The molecule has 3 N–H and O–H groups in total. The quantitative estimate of drug-likeness (QED) is 0.827. The molecule has 0 aromatic heterocycles. The molecule has 0 unspecified atom stereocenters. The third kappa shape index (κ3) is 4.03. The Balaban J connectivity index is 2.06. The van der Waals surface area contributed by atoms with Crippen molar-refractivity contribution in [3.05, 3.63) is 35.4 Å². The van der Waals surface area contributed by atoms with Gasteiger partial charge >= 0.3 is 0 Å². The summed E-state index contributed by atoms with van der Waals surface area (Å²) in [5.41, 5.74) is 8.34. The maximum absolute atomic E-state index is 9.31. The average molecular weight is 262 g/mol. The molecule has 0 amide bonds. The largest absolute Gasteiger partial charge is 0.395 e. The summed E-state index contributed by atoms with van der Waals surface area (Å²) in [5, 5.41) is 9.31. The molecule has 2 rings (SSSR count). The number of rotatable bonds is 6. The Bertz CT molecular complexity index is 375. The SMILES string of the molecule is NCc1ccccc1CN(CCO)C1CCCCC1. The fourth-order valence-corrected chi connectivity index (χ4v) is 3.10. The molecule has 0 aliphatic heterocycles. The number of benzene rings is 1. The lowest BCUT2D eigenvalue weighted by Gasteiger charge is -2.34. The normalized spacial score (nSPS) is 17.0. The lowest BCUT2D eigenvalue weighted by molar-refractivity contribution is 0.117. The molecule has 0 atom stereocenters. The van der Waals surface area contributed by atoms with Gasteiger partial charge in [0, 0.05) is 25.7 Å². The monoisotopic (exact) mass is 262 g/mol. The van der Waals surface area contributed by atoms with E-state index in [4.69, 9.17) is 5.73 Å². The molecular weight excluding hydrogens is 236 g/mol. The van der Waals surface area contributed by atoms with Crippen molar-refractivity contribution in [2.45, 2.75) is 51.2 Å². The van der Waals surface area contributed by atoms with E-state index in [1.165, 1.54) is 43.2 Å². The van der Waals surface area contributed by atoms with E-state index >= 15 is 0 Å². The third-order valence-corrected chi connectivity index (χ3v) is 4.19. The topological polar surface area (TPSA) is 49.5 Å². The van der Waals surface area contributed by atoms with Crippen LogP contribution in [0.15, 0.2) is 24.3 Å². The first-order valence-electron chi connectivity index (χ1n) is 7.47. The number of aliphatic hydroxyl groups excluding tert-OH is 1. The Morgan fingerprint density at radius 2 is 1.79 bits per heavy atom. The van der Waals surface area contributed by atoms with Gasteiger partial charge in [-0.1, -0.05) is 43.5 Å². The van der Waals surface area contributed by atoms with Gasteiger partial charge in [-0.05, 0) is 24.0 Å². The summed E-state index contributed by atoms with van der Waals surface area (Å²) >= 11 is 0. The van der Waals surface area contributed by atoms with Gasteiger partial charge in [-0.25, -0.2) is 0 Å².